The van der Waals surface area contributed by atoms with Gasteiger partial charge in [-0.15, -0.1) is 0 Å². The van der Waals surface area contributed by atoms with E-state index in [-0.39, 0.29) is 29.2 Å². The van der Waals surface area contributed by atoms with E-state index in [4.69, 9.17) is 5.26 Å². The van der Waals surface area contributed by atoms with E-state index in [9.17, 15) is 13.2 Å². The van der Waals surface area contributed by atoms with Crippen LogP contribution in [0.2, 0.25) is 0 Å². The summed E-state index contributed by atoms with van der Waals surface area (Å²) in [5.74, 6) is -0.0569. The fraction of sp³-hybridized carbons (Fsp3) is 0.857. The fourth-order valence-corrected chi connectivity index (χ4v) is 4.90. The van der Waals surface area contributed by atoms with E-state index in [0.717, 1.165) is 25.7 Å². The molecule has 1 aliphatic carbocycles. The summed E-state index contributed by atoms with van der Waals surface area (Å²) in [7, 11) is -3.11. The van der Waals surface area contributed by atoms with Crippen molar-refractivity contribution in [3.8, 4) is 6.07 Å². The predicted molar refractivity (Wildman–Crippen MR) is 75.6 cm³/mol. The maximum atomic E-state index is 12.1. The first-order chi connectivity index (χ1) is 9.53. The molecule has 0 bridgehead atoms. The quantitative estimate of drug-likeness (QED) is 0.788. The van der Waals surface area contributed by atoms with Gasteiger partial charge in [0.05, 0.1) is 17.1 Å². The molecular formula is C14H22N2O3S. The van der Waals surface area contributed by atoms with Crippen LogP contribution >= 0.6 is 0 Å². The largest absolute Gasteiger partial charge is 0.343 e. The maximum Gasteiger partial charge on any atom is 0.223 e. The molecule has 0 aromatic heterocycles. The molecule has 1 heterocycles. The van der Waals surface area contributed by atoms with E-state index in [1.54, 1.807) is 4.90 Å². The molecule has 0 aromatic carbocycles. The topological polar surface area (TPSA) is 78.2 Å². The lowest BCUT2D eigenvalue weighted by Crippen LogP contribution is -2.39. The molecule has 6 heteroatoms. The summed E-state index contributed by atoms with van der Waals surface area (Å²) >= 11 is 0. The fourth-order valence-electron chi connectivity index (χ4n) is 3.06. The van der Waals surface area contributed by atoms with Crippen LogP contribution in [0.25, 0.3) is 0 Å². The minimum absolute atomic E-state index is 0.0192. The van der Waals surface area contributed by atoms with Gasteiger partial charge in [-0.05, 0) is 25.7 Å². The van der Waals surface area contributed by atoms with Gasteiger partial charge in [-0.2, -0.15) is 5.26 Å². The van der Waals surface area contributed by atoms with Crippen LogP contribution in [0.1, 0.15) is 44.9 Å². The summed E-state index contributed by atoms with van der Waals surface area (Å²) in [5, 5.41) is 8.59. The molecule has 1 aliphatic heterocycles. The molecule has 1 saturated carbocycles. The summed E-state index contributed by atoms with van der Waals surface area (Å²) in [4.78, 5) is 13.7. The molecule has 2 fully saturated rings. The number of hydrogen-bond acceptors (Lipinski definition) is 4. The van der Waals surface area contributed by atoms with Crippen LogP contribution in [0.3, 0.4) is 0 Å². The second-order valence-corrected chi connectivity index (χ2v) is 8.21. The number of amides is 1. The maximum absolute atomic E-state index is 12.1. The number of carbonyl (C=O) groups excluding carboxylic acids is 1. The Labute approximate surface area is 120 Å². The van der Waals surface area contributed by atoms with Crippen LogP contribution in [0.15, 0.2) is 0 Å². The van der Waals surface area contributed by atoms with Crippen LogP contribution < -0.4 is 0 Å². The van der Waals surface area contributed by atoms with Crippen LogP contribution in [-0.4, -0.2) is 43.3 Å². The Kier molecular flexibility index (Phi) is 5.03. The molecule has 0 unspecified atom stereocenters. The molecule has 2 aliphatic rings. The minimum Gasteiger partial charge on any atom is -0.343 e. The van der Waals surface area contributed by atoms with Crippen molar-refractivity contribution in [1.29, 1.82) is 5.26 Å². The Morgan fingerprint density at radius 3 is 2.30 bits per heavy atom. The van der Waals surface area contributed by atoms with Crippen molar-refractivity contribution < 1.29 is 13.2 Å². The summed E-state index contributed by atoms with van der Waals surface area (Å²) in [6.07, 6.45) is 4.98. The molecule has 112 valence electrons. The summed E-state index contributed by atoms with van der Waals surface area (Å²) in [6, 6.07) is 2.22. The molecule has 1 amide bonds. The van der Waals surface area contributed by atoms with Gasteiger partial charge in [-0.25, -0.2) is 8.42 Å². The molecule has 20 heavy (non-hydrogen) atoms. The van der Waals surface area contributed by atoms with Gasteiger partial charge in [-0.3, -0.25) is 4.79 Å². The lowest BCUT2D eigenvalue weighted by atomic mass is 9.98. The lowest BCUT2D eigenvalue weighted by Gasteiger charge is -2.29. The van der Waals surface area contributed by atoms with Crippen molar-refractivity contribution in [2.75, 3.05) is 18.8 Å². The van der Waals surface area contributed by atoms with E-state index in [1.165, 1.54) is 0 Å². The molecule has 2 rings (SSSR count). The van der Waals surface area contributed by atoms with E-state index in [1.807, 2.05) is 0 Å². The number of nitrogens with zero attached hydrogens (tertiary/aromatic N) is 2. The second kappa shape index (κ2) is 6.57. The smallest absolute Gasteiger partial charge is 0.223 e. The van der Waals surface area contributed by atoms with Gasteiger partial charge in [0.15, 0.2) is 9.84 Å². The van der Waals surface area contributed by atoms with Crippen molar-refractivity contribution in [1.82, 2.24) is 4.90 Å². The molecule has 0 aromatic rings. The number of sulfone groups is 1. The van der Waals surface area contributed by atoms with Crippen molar-refractivity contribution >= 4 is 15.7 Å². The zero-order valence-electron chi connectivity index (χ0n) is 11.8. The zero-order chi connectivity index (χ0) is 14.6. The van der Waals surface area contributed by atoms with Gasteiger partial charge in [0.1, 0.15) is 0 Å². The van der Waals surface area contributed by atoms with E-state index in [2.05, 4.69) is 6.07 Å². The third kappa shape index (κ3) is 3.72. The number of piperidine rings is 1. The number of carbonyl (C=O) groups is 1. The van der Waals surface area contributed by atoms with Crippen LogP contribution in [-0.2, 0) is 14.6 Å². The average molecular weight is 298 g/mol. The molecule has 5 nitrogen and oxygen atoms in total. The Morgan fingerprint density at radius 2 is 1.75 bits per heavy atom. The van der Waals surface area contributed by atoms with Crippen LogP contribution in [0.4, 0.5) is 0 Å². The van der Waals surface area contributed by atoms with Crippen molar-refractivity contribution in [2.45, 2.75) is 50.2 Å². The molecule has 0 N–H and O–H groups in total. The SMILES string of the molecule is N#CC1CCN(C(=O)CCS(=O)(=O)C2CCCC2)CC1. The van der Waals surface area contributed by atoms with Gasteiger partial charge in [0, 0.05) is 25.4 Å². The van der Waals surface area contributed by atoms with Gasteiger partial charge < -0.3 is 4.90 Å². The highest BCUT2D eigenvalue weighted by Gasteiger charge is 2.30. The predicted octanol–water partition coefficient (Wildman–Crippen LogP) is 1.50. The van der Waals surface area contributed by atoms with Gasteiger partial charge in [0.25, 0.3) is 0 Å². The molecular weight excluding hydrogens is 276 g/mol. The van der Waals surface area contributed by atoms with E-state index in [0.29, 0.717) is 25.9 Å². The Morgan fingerprint density at radius 1 is 1.15 bits per heavy atom. The summed E-state index contributed by atoms with van der Waals surface area (Å²) in [5.41, 5.74) is 0. The van der Waals surface area contributed by atoms with E-state index < -0.39 is 9.84 Å². The molecule has 0 atom stereocenters. The van der Waals surface area contributed by atoms with Gasteiger partial charge in [0.2, 0.25) is 5.91 Å². The number of rotatable bonds is 4. The van der Waals surface area contributed by atoms with Gasteiger partial charge >= 0.3 is 0 Å². The number of hydrogen-bond donors (Lipinski definition) is 0. The standard InChI is InChI=1S/C14H22N2O3S/c15-11-12-5-8-16(9-6-12)14(17)7-10-20(18,19)13-3-1-2-4-13/h12-13H,1-10H2. The average Bonchev–Trinajstić information content (AvgIpc) is 3.00. The zero-order valence-corrected chi connectivity index (χ0v) is 12.6. The highest BCUT2D eigenvalue weighted by Crippen LogP contribution is 2.26. The minimum atomic E-state index is -3.11. The first-order valence-electron chi connectivity index (χ1n) is 7.42. The molecule has 0 radical (unpaired) electrons. The van der Waals surface area contributed by atoms with E-state index >= 15 is 0 Å². The van der Waals surface area contributed by atoms with Crippen molar-refractivity contribution in [2.24, 2.45) is 5.92 Å². The van der Waals surface area contributed by atoms with Gasteiger partial charge in [-0.1, -0.05) is 12.8 Å². The lowest BCUT2D eigenvalue weighted by molar-refractivity contribution is -0.131. The highest BCUT2D eigenvalue weighted by molar-refractivity contribution is 7.92. The first kappa shape index (κ1) is 15.3. The first-order valence-corrected chi connectivity index (χ1v) is 9.13. The summed E-state index contributed by atoms with van der Waals surface area (Å²) in [6.45, 7) is 1.17. The second-order valence-electron chi connectivity index (χ2n) is 5.81. The van der Waals surface area contributed by atoms with Crippen LogP contribution in [0.5, 0.6) is 0 Å². The Hall–Kier alpha value is -1.09. The Bertz CT molecular complexity index is 481. The normalized spacial score (nSPS) is 21.9. The molecule has 1 saturated heterocycles. The summed E-state index contributed by atoms with van der Waals surface area (Å²) < 4.78 is 24.2. The van der Waals surface area contributed by atoms with Crippen molar-refractivity contribution in [3.63, 3.8) is 0 Å². The molecule has 0 spiro atoms. The Balaban J connectivity index is 1.79. The van der Waals surface area contributed by atoms with Crippen LogP contribution in [0, 0.1) is 17.2 Å². The van der Waals surface area contributed by atoms with Crippen molar-refractivity contribution in [3.05, 3.63) is 0 Å². The number of nitriles is 1. The monoisotopic (exact) mass is 298 g/mol. The highest BCUT2D eigenvalue weighted by atomic mass is 32.2. The third-order valence-corrected chi connectivity index (χ3v) is 6.70. The number of likely N-dealkylation sites (tertiary alicyclic amines) is 1. The third-order valence-electron chi connectivity index (χ3n) is 4.44.